The Labute approximate surface area is 141 Å². The number of halogens is 1. The Morgan fingerprint density at radius 1 is 1.13 bits per heavy atom. The van der Waals surface area contributed by atoms with Gasteiger partial charge >= 0.3 is 0 Å². The Morgan fingerprint density at radius 3 is 2.48 bits per heavy atom. The third-order valence-corrected chi connectivity index (χ3v) is 3.41. The number of nitrogens with one attached hydrogen (secondary N) is 3. The maximum Gasteiger partial charge on any atom is 0.252 e. The van der Waals surface area contributed by atoms with Gasteiger partial charge in [0.1, 0.15) is 6.04 Å². The van der Waals surface area contributed by atoms with Gasteiger partial charge in [0.15, 0.2) is 0 Å². The molecular formula is C16H22ClN3O3. The van der Waals surface area contributed by atoms with Crippen molar-refractivity contribution >= 4 is 29.3 Å². The lowest BCUT2D eigenvalue weighted by Crippen LogP contribution is -2.45. The first-order valence-corrected chi connectivity index (χ1v) is 7.93. The molecule has 1 rings (SSSR count). The first-order valence-electron chi connectivity index (χ1n) is 7.55. The highest BCUT2D eigenvalue weighted by Crippen LogP contribution is 2.14. The number of rotatable bonds is 8. The first kappa shape index (κ1) is 19.0. The summed E-state index contributed by atoms with van der Waals surface area (Å²) in [5.41, 5.74) is 0.363. The molecule has 0 radical (unpaired) electrons. The summed E-state index contributed by atoms with van der Waals surface area (Å²) in [6.45, 7) is 4.31. The average Bonchev–Trinajstić information content (AvgIpc) is 2.52. The van der Waals surface area contributed by atoms with Gasteiger partial charge in [-0.2, -0.15) is 0 Å². The SMILES string of the molecule is CCCNC(=O)[C@H](C)NC(=O)CCNC(=O)c1ccccc1Cl. The quantitative estimate of drug-likeness (QED) is 0.670. The molecule has 0 bridgehead atoms. The van der Waals surface area contributed by atoms with E-state index in [4.69, 9.17) is 11.6 Å². The second-order valence-electron chi connectivity index (χ2n) is 5.07. The molecule has 3 N–H and O–H groups in total. The molecule has 3 amide bonds. The van der Waals surface area contributed by atoms with E-state index >= 15 is 0 Å². The van der Waals surface area contributed by atoms with Gasteiger partial charge < -0.3 is 16.0 Å². The smallest absolute Gasteiger partial charge is 0.252 e. The standard InChI is InChI=1S/C16H22ClN3O3/c1-3-9-18-15(22)11(2)20-14(21)8-10-19-16(23)12-6-4-5-7-13(12)17/h4-7,11H,3,8-10H2,1-2H3,(H,18,22)(H,19,23)(H,20,21)/t11-/m0/s1. The lowest BCUT2D eigenvalue weighted by molar-refractivity contribution is -0.128. The van der Waals surface area contributed by atoms with Crippen molar-refractivity contribution in [1.82, 2.24) is 16.0 Å². The molecule has 0 unspecified atom stereocenters. The molecule has 7 heteroatoms. The Kier molecular flexibility index (Phi) is 8.11. The Hall–Kier alpha value is -2.08. The number of benzene rings is 1. The molecule has 0 fully saturated rings. The molecular weight excluding hydrogens is 318 g/mol. The van der Waals surface area contributed by atoms with Crippen LogP contribution in [0.1, 0.15) is 37.0 Å². The van der Waals surface area contributed by atoms with Crippen LogP contribution in [-0.4, -0.2) is 36.9 Å². The van der Waals surface area contributed by atoms with Crippen LogP contribution in [0.4, 0.5) is 0 Å². The molecule has 126 valence electrons. The van der Waals surface area contributed by atoms with Crippen LogP contribution >= 0.6 is 11.6 Å². The monoisotopic (exact) mass is 339 g/mol. The van der Waals surface area contributed by atoms with Crippen LogP contribution < -0.4 is 16.0 Å². The predicted octanol–water partition coefficient (Wildman–Crippen LogP) is 1.49. The van der Waals surface area contributed by atoms with E-state index in [2.05, 4.69) is 16.0 Å². The van der Waals surface area contributed by atoms with Crippen LogP contribution in [0.2, 0.25) is 5.02 Å². The van der Waals surface area contributed by atoms with Crippen molar-refractivity contribution in [3.63, 3.8) is 0 Å². The van der Waals surface area contributed by atoms with Crippen molar-refractivity contribution in [2.45, 2.75) is 32.7 Å². The highest BCUT2D eigenvalue weighted by molar-refractivity contribution is 6.33. The van der Waals surface area contributed by atoms with E-state index in [0.717, 1.165) is 6.42 Å². The molecule has 1 aromatic rings. The van der Waals surface area contributed by atoms with E-state index in [0.29, 0.717) is 17.1 Å². The Morgan fingerprint density at radius 2 is 1.83 bits per heavy atom. The summed E-state index contributed by atoms with van der Waals surface area (Å²) in [6.07, 6.45) is 0.919. The van der Waals surface area contributed by atoms with Crippen molar-refractivity contribution in [1.29, 1.82) is 0 Å². The molecule has 6 nitrogen and oxygen atoms in total. The van der Waals surface area contributed by atoms with E-state index in [9.17, 15) is 14.4 Å². The topological polar surface area (TPSA) is 87.3 Å². The summed E-state index contributed by atoms with van der Waals surface area (Å²) in [5, 5.41) is 8.27. The van der Waals surface area contributed by atoms with E-state index in [-0.39, 0.29) is 30.7 Å². The Bertz CT molecular complexity index is 563. The molecule has 23 heavy (non-hydrogen) atoms. The summed E-state index contributed by atoms with van der Waals surface area (Å²) >= 11 is 5.92. The summed E-state index contributed by atoms with van der Waals surface area (Å²) < 4.78 is 0. The highest BCUT2D eigenvalue weighted by Gasteiger charge is 2.15. The van der Waals surface area contributed by atoms with Gasteiger partial charge in [0.2, 0.25) is 11.8 Å². The van der Waals surface area contributed by atoms with Gasteiger partial charge in [0.05, 0.1) is 10.6 Å². The maximum absolute atomic E-state index is 11.9. The molecule has 0 saturated carbocycles. The Balaban J connectivity index is 2.32. The van der Waals surface area contributed by atoms with E-state index in [1.807, 2.05) is 6.92 Å². The molecule has 0 aliphatic rings. The predicted molar refractivity (Wildman–Crippen MR) is 89.3 cm³/mol. The fourth-order valence-electron chi connectivity index (χ4n) is 1.81. The third-order valence-electron chi connectivity index (χ3n) is 3.08. The molecule has 1 aromatic carbocycles. The van der Waals surface area contributed by atoms with E-state index in [1.54, 1.807) is 31.2 Å². The molecule has 1 atom stereocenters. The second-order valence-corrected chi connectivity index (χ2v) is 5.47. The largest absolute Gasteiger partial charge is 0.354 e. The zero-order valence-corrected chi connectivity index (χ0v) is 14.1. The fraction of sp³-hybridized carbons (Fsp3) is 0.438. The van der Waals surface area contributed by atoms with Gasteiger partial charge in [0.25, 0.3) is 5.91 Å². The van der Waals surface area contributed by atoms with E-state index in [1.165, 1.54) is 0 Å². The van der Waals surface area contributed by atoms with Crippen molar-refractivity contribution in [3.05, 3.63) is 34.9 Å². The maximum atomic E-state index is 11.9. The van der Waals surface area contributed by atoms with Crippen LogP contribution in [0.5, 0.6) is 0 Å². The molecule has 0 aromatic heterocycles. The van der Waals surface area contributed by atoms with Crippen molar-refractivity contribution < 1.29 is 14.4 Å². The minimum Gasteiger partial charge on any atom is -0.354 e. The number of carbonyl (C=O) groups excluding carboxylic acids is 3. The summed E-state index contributed by atoms with van der Waals surface area (Å²) in [4.78, 5) is 35.3. The van der Waals surface area contributed by atoms with Gasteiger partial charge in [-0.1, -0.05) is 30.7 Å². The minimum atomic E-state index is -0.603. The summed E-state index contributed by atoms with van der Waals surface area (Å²) in [5.74, 6) is -0.860. The second kappa shape index (κ2) is 9.84. The molecule has 0 spiro atoms. The summed E-state index contributed by atoms with van der Waals surface area (Å²) in [7, 11) is 0. The van der Waals surface area contributed by atoms with Gasteiger partial charge in [-0.05, 0) is 25.5 Å². The number of hydrogen-bond acceptors (Lipinski definition) is 3. The van der Waals surface area contributed by atoms with Crippen molar-refractivity contribution in [2.75, 3.05) is 13.1 Å². The zero-order chi connectivity index (χ0) is 17.2. The normalized spacial score (nSPS) is 11.4. The zero-order valence-electron chi connectivity index (χ0n) is 13.3. The highest BCUT2D eigenvalue weighted by atomic mass is 35.5. The van der Waals surface area contributed by atoms with Crippen LogP contribution in [0, 0.1) is 0 Å². The fourth-order valence-corrected chi connectivity index (χ4v) is 2.03. The molecule has 0 heterocycles. The number of hydrogen-bond donors (Lipinski definition) is 3. The van der Waals surface area contributed by atoms with E-state index < -0.39 is 6.04 Å². The number of carbonyl (C=O) groups is 3. The van der Waals surface area contributed by atoms with Crippen LogP contribution in [-0.2, 0) is 9.59 Å². The van der Waals surface area contributed by atoms with Crippen LogP contribution in [0.15, 0.2) is 24.3 Å². The lowest BCUT2D eigenvalue weighted by atomic mass is 10.2. The third kappa shape index (κ3) is 6.69. The lowest BCUT2D eigenvalue weighted by Gasteiger charge is -2.14. The number of amides is 3. The van der Waals surface area contributed by atoms with Crippen molar-refractivity contribution in [2.24, 2.45) is 0 Å². The molecule has 0 aliphatic heterocycles. The average molecular weight is 340 g/mol. The summed E-state index contributed by atoms with van der Waals surface area (Å²) in [6, 6.07) is 6.08. The molecule has 0 aliphatic carbocycles. The minimum absolute atomic E-state index is 0.0849. The molecule has 0 saturated heterocycles. The van der Waals surface area contributed by atoms with Crippen molar-refractivity contribution in [3.8, 4) is 0 Å². The van der Waals surface area contributed by atoms with Crippen LogP contribution in [0.25, 0.3) is 0 Å². The van der Waals surface area contributed by atoms with Crippen LogP contribution in [0.3, 0.4) is 0 Å². The van der Waals surface area contributed by atoms with Gasteiger partial charge in [-0.15, -0.1) is 0 Å². The van der Waals surface area contributed by atoms with Gasteiger partial charge in [0, 0.05) is 19.5 Å². The van der Waals surface area contributed by atoms with Gasteiger partial charge in [-0.3, -0.25) is 14.4 Å². The first-order chi connectivity index (χ1) is 11.0. The van der Waals surface area contributed by atoms with Gasteiger partial charge in [-0.25, -0.2) is 0 Å².